The molecule has 3 aromatic rings. The number of hydrogen-bond donors (Lipinski definition) is 1. The van der Waals surface area contributed by atoms with Gasteiger partial charge in [-0.05, 0) is 37.1 Å². The molecule has 0 aliphatic carbocycles. The van der Waals surface area contributed by atoms with Crippen LogP contribution in [0.1, 0.15) is 11.1 Å². The fourth-order valence-electron chi connectivity index (χ4n) is 2.17. The van der Waals surface area contributed by atoms with Crippen molar-refractivity contribution < 1.29 is 0 Å². The van der Waals surface area contributed by atoms with Crippen LogP contribution in [0.5, 0.6) is 0 Å². The molecule has 0 radical (unpaired) electrons. The van der Waals surface area contributed by atoms with E-state index in [1.54, 1.807) is 12.4 Å². The van der Waals surface area contributed by atoms with Crippen molar-refractivity contribution in [3.8, 4) is 11.4 Å². The molecule has 2 heterocycles. The summed E-state index contributed by atoms with van der Waals surface area (Å²) in [5.41, 5.74) is 5.28. The molecule has 2 aromatic heterocycles. The van der Waals surface area contributed by atoms with Gasteiger partial charge in [-0.1, -0.05) is 17.7 Å². The third kappa shape index (κ3) is 1.77. The predicted octanol–water partition coefficient (Wildman–Crippen LogP) is 3.90. The van der Waals surface area contributed by atoms with Gasteiger partial charge >= 0.3 is 0 Å². The highest BCUT2D eigenvalue weighted by atomic mass is 35.5. The smallest absolute Gasteiger partial charge is 0.140 e. The number of imidazole rings is 1. The van der Waals surface area contributed by atoms with E-state index >= 15 is 0 Å². The largest absolute Gasteiger partial charge is 0.338 e. The number of aromatic nitrogens is 3. The van der Waals surface area contributed by atoms with Crippen LogP contribution in [0.15, 0.2) is 30.6 Å². The minimum absolute atomic E-state index is 0.603. The molecule has 0 fully saturated rings. The fraction of sp³-hybridized carbons (Fsp3) is 0.143. The van der Waals surface area contributed by atoms with E-state index in [1.165, 1.54) is 5.56 Å². The number of aromatic amines is 1. The summed E-state index contributed by atoms with van der Waals surface area (Å²) in [6, 6.07) is 6.08. The van der Waals surface area contributed by atoms with Crippen LogP contribution in [0.2, 0.25) is 5.02 Å². The molecule has 0 bridgehead atoms. The van der Waals surface area contributed by atoms with Crippen molar-refractivity contribution in [2.24, 2.45) is 0 Å². The van der Waals surface area contributed by atoms with E-state index in [2.05, 4.69) is 40.9 Å². The molecule has 0 atom stereocenters. The normalized spacial score (nSPS) is 11.1. The summed E-state index contributed by atoms with van der Waals surface area (Å²) in [7, 11) is 0. The van der Waals surface area contributed by atoms with Crippen molar-refractivity contribution in [2.45, 2.75) is 13.8 Å². The molecule has 1 aromatic carbocycles. The summed E-state index contributed by atoms with van der Waals surface area (Å²) in [6.45, 7) is 4.14. The maximum Gasteiger partial charge on any atom is 0.140 e. The first-order valence-corrected chi connectivity index (χ1v) is 6.10. The van der Waals surface area contributed by atoms with Crippen LogP contribution in [0, 0.1) is 13.8 Å². The average Bonchev–Trinajstić information content (AvgIpc) is 2.73. The summed E-state index contributed by atoms with van der Waals surface area (Å²) in [6.07, 6.45) is 3.34. The molecule has 1 N–H and O–H groups in total. The van der Waals surface area contributed by atoms with Crippen LogP contribution in [-0.2, 0) is 0 Å². The van der Waals surface area contributed by atoms with Crippen molar-refractivity contribution in [1.29, 1.82) is 0 Å². The highest BCUT2D eigenvalue weighted by Gasteiger charge is 2.10. The van der Waals surface area contributed by atoms with E-state index in [0.717, 1.165) is 28.0 Å². The Morgan fingerprint density at radius 2 is 2.06 bits per heavy atom. The Labute approximate surface area is 110 Å². The highest BCUT2D eigenvalue weighted by molar-refractivity contribution is 6.33. The van der Waals surface area contributed by atoms with Gasteiger partial charge in [-0.25, -0.2) is 4.98 Å². The third-order valence-corrected chi connectivity index (χ3v) is 3.25. The SMILES string of the molecule is Cc1cc(C)c2nc(-c3ccncc3Cl)[nH]c2c1. The second-order valence-electron chi connectivity index (χ2n) is 4.42. The van der Waals surface area contributed by atoms with Gasteiger partial charge in [0.2, 0.25) is 0 Å². The van der Waals surface area contributed by atoms with Crippen LogP contribution < -0.4 is 0 Å². The lowest BCUT2D eigenvalue weighted by atomic mass is 10.1. The van der Waals surface area contributed by atoms with E-state index in [1.807, 2.05) is 6.07 Å². The molecule has 4 heteroatoms. The lowest BCUT2D eigenvalue weighted by Crippen LogP contribution is -1.83. The summed E-state index contributed by atoms with van der Waals surface area (Å²) in [5.74, 6) is 0.783. The van der Waals surface area contributed by atoms with Crippen LogP contribution >= 0.6 is 11.6 Å². The summed E-state index contributed by atoms with van der Waals surface area (Å²) in [5, 5.41) is 0.603. The van der Waals surface area contributed by atoms with Crippen molar-refractivity contribution >= 4 is 22.6 Å². The Hall–Kier alpha value is -1.87. The van der Waals surface area contributed by atoms with Crippen molar-refractivity contribution in [2.75, 3.05) is 0 Å². The molecule has 0 aliphatic rings. The Kier molecular flexibility index (Phi) is 2.56. The zero-order chi connectivity index (χ0) is 12.7. The number of benzene rings is 1. The predicted molar refractivity (Wildman–Crippen MR) is 73.8 cm³/mol. The first kappa shape index (κ1) is 11.2. The highest BCUT2D eigenvalue weighted by Crippen LogP contribution is 2.27. The molecule has 0 amide bonds. The molecule has 0 unspecified atom stereocenters. The third-order valence-electron chi connectivity index (χ3n) is 2.95. The lowest BCUT2D eigenvalue weighted by molar-refractivity contribution is 1.28. The number of nitrogens with one attached hydrogen (secondary N) is 1. The molecule has 0 spiro atoms. The zero-order valence-corrected chi connectivity index (χ0v) is 10.9. The monoisotopic (exact) mass is 257 g/mol. The molecular formula is C14H12ClN3. The van der Waals surface area contributed by atoms with Crippen LogP contribution in [0.3, 0.4) is 0 Å². The standard InChI is InChI=1S/C14H12ClN3/c1-8-5-9(2)13-12(6-8)17-14(18-13)10-3-4-16-7-11(10)15/h3-7H,1-2H3,(H,17,18). The van der Waals surface area contributed by atoms with Gasteiger partial charge < -0.3 is 4.98 Å². The molecule has 0 aliphatic heterocycles. The Morgan fingerprint density at radius 3 is 2.83 bits per heavy atom. The second kappa shape index (κ2) is 4.10. The van der Waals surface area contributed by atoms with Gasteiger partial charge in [0.1, 0.15) is 5.82 Å². The number of pyridine rings is 1. The first-order chi connectivity index (χ1) is 8.65. The van der Waals surface area contributed by atoms with E-state index in [9.17, 15) is 0 Å². The Balaban J connectivity index is 2.26. The topological polar surface area (TPSA) is 41.6 Å². The number of nitrogens with zero attached hydrogens (tertiary/aromatic N) is 2. The van der Waals surface area contributed by atoms with E-state index in [-0.39, 0.29) is 0 Å². The van der Waals surface area contributed by atoms with E-state index in [4.69, 9.17) is 11.6 Å². The fourth-order valence-corrected chi connectivity index (χ4v) is 2.37. The second-order valence-corrected chi connectivity index (χ2v) is 4.83. The number of fused-ring (bicyclic) bond motifs is 1. The first-order valence-electron chi connectivity index (χ1n) is 5.72. The van der Waals surface area contributed by atoms with Gasteiger partial charge in [0.05, 0.1) is 16.1 Å². The van der Waals surface area contributed by atoms with Gasteiger partial charge in [0.25, 0.3) is 0 Å². The number of rotatable bonds is 1. The maximum atomic E-state index is 6.13. The van der Waals surface area contributed by atoms with Gasteiger partial charge in [-0.15, -0.1) is 0 Å². The maximum absolute atomic E-state index is 6.13. The minimum Gasteiger partial charge on any atom is -0.338 e. The number of hydrogen-bond acceptors (Lipinski definition) is 2. The number of H-pyrrole nitrogens is 1. The van der Waals surface area contributed by atoms with Gasteiger partial charge in [-0.2, -0.15) is 0 Å². The van der Waals surface area contributed by atoms with Crippen LogP contribution in [0.4, 0.5) is 0 Å². The van der Waals surface area contributed by atoms with Gasteiger partial charge in [-0.3, -0.25) is 4.98 Å². The van der Waals surface area contributed by atoms with Gasteiger partial charge in [0, 0.05) is 18.0 Å². The average molecular weight is 258 g/mol. The van der Waals surface area contributed by atoms with E-state index in [0.29, 0.717) is 5.02 Å². The van der Waals surface area contributed by atoms with Crippen molar-refractivity contribution in [1.82, 2.24) is 15.0 Å². The van der Waals surface area contributed by atoms with Crippen LogP contribution in [-0.4, -0.2) is 15.0 Å². The molecule has 0 saturated heterocycles. The molecule has 3 nitrogen and oxygen atoms in total. The van der Waals surface area contributed by atoms with Gasteiger partial charge in [0.15, 0.2) is 0 Å². The lowest BCUT2D eigenvalue weighted by Gasteiger charge is -1.97. The summed E-state index contributed by atoms with van der Waals surface area (Å²) >= 11 is 6.13. The summed E-state index contributed by atoms with van der Waals surface area (Å²) in [4.78, 5) is 11.9. The summed E-state index contributed by atoms with van der Waals surface area (Å²) < 4.78 is 0. The Morgan fingerprint density at radius 1 is 1.22 bits per heavy atom. The van der Waals surface area contributed by atoms with Crippen LogP contribution in [0.25, 0.3) is 22.4 Å². The molecular weight excluding hydrogens is 246 g/mol. The zero-order valence-electron chi connectivity index (χ0n) is 10.2. The van der Waals surface area contributed by atoms with Crippen molar-refractivity contribution in [3.63, 3.8) is 0 Å². The Bertz CT molecular complexity index is 731. The van der Waals surface area contributed by atoms with Crippen molar-refractivity contribution in [3.05, 3.63) is 46.7 Å². The number of aryl methyl sites for hydroxylation is 2. The molecule has 18 heavy (non-hydrogen) atoms. The minimum atomic E-state index is 0.603. The molecule has 3 rings (SSSR count). The number of halogens is 1. The quantitative estimate of drug-likeness (QED) is 0.718. The molecule has 0 saturated carbocycles. The van der Waals surface area contributed by atoms with E-state index < -0.39 is 0 Å². The molecule has 90 valence electrons.